The molecule has 1 aromatic rings. The third-order valence-electron chi connectivity index (χ3n) is 4.99. The molecule has 5 nitrogen and oxygen atoms in total. The molecule has 2 aliphatic carbocycles. The molecule has 1 saturated carbocycles. The molecule has 6 heteroatoms. The predicted molar refractivity (Wildman–Crippen MR) is 84.2 cm³/mol. The Morgan fingerprint density at radius 3 is 3.00 bits per heavy atom. The molecule has 21 heavy (non-hydrogen) atoms. The lowest BCUT2D eigenvalue weighted by atomic mass is 9.90. The van der Waals surface area contributed by atoms with Crippen molar-refractivity contribution in [3.63, 3.8) is 0 Å². The van der Waals surface area contributed by atoms with Gasteiger partial charge in [0.2, 0.25) is 5.91 Å². The molecule has 0 spiro atoms. The molecule has 0 bridgehead atoms. The minimum absolute atomic E-state index is 0. The number of rotatable bonds is 3. The van der Waals surface area contributed by atoms with Crippen LogP contribution in [0.5, 0.6) is 0 Å². The Balaban J connectivity index is 0.00000161. The summed E-state index contributed by atoms with van der Waals surface area (Å²) in [5.41, 5.74) is 8.25. The molecule has 1 unspecified atom stereocenters. The number of hydrogen-bond acceptors (Lipinski definition) is 3. The molecule has 1 fully saturated rings. The lowest BCUT2D eigenvalue weighted by Crippen LogP contribution is -2.38. The molecule has 3 N–H and O–H groups in total. The molecule has 3 rings (SSSR count). The summed E-state index contributed by atoms with van der Waals surface area (Å²) >= 11 is 0. The van der Waals surface area contributed by atoms with Gasteiger partial charge in [0, 0.05) is 24.2 Å². The first-order chi connectivity index (χ1) is 9.70. The van der Waals surface area contributed by atoms with Gasteiger partial charge in [-0.1, -0.05) is 6.42 Å². The lowest BCUT2D eigenvalue weighted by molar-refractivity contribution is -0.126. The maximum atomic E-state index is 12.5. The average Bonchev–Trinajstić information content (AvgIpc) is 3.06. The Morgan fingerprint density at radius 1 is 1.43 bits per heavy atom. The van der Waals surface area contributed by atoms with E-state index in [2.05, 4.69) is 10.4 Å². The van der Waals surface area contributed by atoms with Crippen LogP contribution < -0.4 is 11.1 Å². The van der Waals surface area contributed by atoms with Crippen LogP contribution in [0, 0.1) is 11.8 Å². The second-order valence-corrected chi connectivity index (χ2v) is 6.16. The van der Waals surface area contributed by atoms with E-state index in [4.69, 9.17) is 5.73 Å². The van der Waals surface area contributed by atoms with E-state index in [0.29, 0.717) is 12.5 Å². The number of nitrogens with one attached hydrogen (secondary N) is 1. The van der Waals surface area contributed by atoms with Crippen molar-refractivity contribution in [2.24, 2.45) is 24.6 Å². The molecule has 2 aliphatic rings. The fourth-order valence-electron chi connectivity index (χ4n) is 3.80. The normalized spacial score (nSPS) is 27.8. The van der Waals surface area contributed by atoms with E-state index in [1.807, 2.05) is 17.9 Å². The molecule has 1 aromatic heterocycles. The third kappa shape index (κ3) is 3.09. The number of hydrogen-bond donors (Lipinski definition) is 2. The highest BCUT2D eigenvalue weighted by atomic mass is 35.5. The van der Waals surface area contributed by atoms with Gasteiger partial charge in [-0.25, -0.2) is 0 Å². The summed E-state index contributed by atoms with van der Waals surface area (Å²) in [6.45, 7) is 0.626. The van der Waals surface area contributed by atoms with Crippen LogP contribution in [0.15, 0.2) is 6.20 Å². The summed E-state index contributed by atoms with van der Waals surface area (Å²) in [7, 11) is 1.98. The number of fused-ring (bicyclic) bond motifs is 1. The van der Waals surface area contributed by atoms with Crippen molar-refractivity contribution in [2.45, 2.75) is 44.6 Å². The van der Waals surface area contributed by atoms with Gasteiger partial charge >= 0.3 is 0 Å². The van der Waals surface area contributed by atoms with Crippen LogP contribution in [0.1, 0.15) is 49.4 Å². The van der Waals surface area contributed by atoms with Crippen LogP contribution in [-0.2, 0) is 18.3 Å². The second kappa shape index (κ2) is 6.79. The van der Waals surface area contributed by atoms with Gasteiger partial charge in [-0.15, -0.1) is 12.4 Å². The smallest absolute Gasteiger partial charge is 0.223 e. The van der Waals surface area contributed by atoms with Gasteiger partial charge in [-0.05, 0) is 44.6 Å². The SMILES string of the molecule is Cl.Cn1ncc2c1CCCC2NC(=O)[C@@H]1CCC[C@@H]1CN. The fraction of sp³-hybridized carbons (Fsp3) is 0.733. The second-order valence-electron chi connectivity index (χ2n) is 6.16. The van der Waals surface area contributed by atoms with Gasteiger partial charge in [0.25, 0.3) is 0 Å². The van der Waals surface area contributed by atoms with Crippen LogP contribution in [-0.4, -0.2) is 22.2 Å². The number of amides is 1. The minimum Gasteiger partial charge on any atom is -0.349 e. The van der Waals surface area contributed by atoms with E-state index in [9.17, 15) is 4.79 Å². The number of halogens is 1. The number of nitrogens with zero attached hydrogens (tertiary/aromatic N) is 2. The van der Waals surface area contributed by atoms with Crippen molar-refractivity contribution < 1.29 is 4.79 Å². The molecular weight excluding hydrogens is 288 g/mol. The predicted octanol–water partition coefficient (Wildman–Crippen LogP) is 1.71. The minimum atomic E-state index is 0. The highest BCUT2D eigenvalue weighted by Gasteiger charge is 2.34. The van der Waals surface area contributed by atoms with Gasteiger partial charge in [-0.2, -0.15) is 5.10 Å². The van der Waals surface area contributed by atoms with E-state index >= 15 is 0 Å². The van der Waals surface area contributed by atoms with E-state index in [0.717, 1.165) is 38.5 Å². The van der Waals surface area contributed by atoms with Crippen LogP contribution >= 0.6 is 12.4 Å². The van der Waals surface area contributed by atoms with Gasteiger partial charge in [0.05, 0.1) is 12.2 Å². The molecule has 3 atom stereocenters. The Hall–Kier alpha value is -1.07. The summed E-state index contributed by atoms with van der Waals surface area (Å²) in [6.07, 6.45) is 8.31. The Labute approximate surface area is 132 Å². The number of aryl methyl sites for hydroxylation is 1. The van der Waals surface area contributed by atoms with Gasteiger partial charge in [-0.3, -0.25) is 9.48 Å². The molecule has 0 radical (unpaired) electrons. The fourth-order valence-corrected chi connectivity index (χ4v) is 3.80. The molecule has 118 valence electrons. The summed E-state index contributed by atoms with van der Waals surface area (Å²) in [4.78, 5) is 12.5. The quantitative estimate of drug-likeness (QED) is 0.892. The van der Waals surface area contributed by atoms with E-state index < -0.39 is 0 Å². The Kier molecular flexibility index (Phi) is 5.27. The number of carbonyl (C=O) groups excluding carboxylic acids is 1. The molecule has 0 aliphatic heterocycles. The highest BCUT2D eigenvalue weighted by Crippen LogP contribution is 2.33. The maximum Gasteiger partial charge on any atom is 0.223 e. The van der Waals surface area contributed by atoms with Crippen molar-refractivity contribution in [2.75, 3.05) is 6.54 Å². The van der Waals surface area contributed by atoms with E-state index in [-0.39, 0.29) is 30.3 Å². The first-order valence-electron chi connectivity index (χ1n) is 7.72. The van der Waals surface area contributed by atoms with Crippen molar-refractivity contribution in [3.8, 4) is 0 Å². The zero-order valence-electron chi connectivity index (χ0n) is 12.5. The van der Waals surface area contributed by atoms with Gasteiger partial charge < -0.3 is 11.1 Å². The largest absolute Gasteiger partial charge is 0.349 e. The van der Waals surface area contributed by atoms with Gasteiger partial charge in [0.15, 0.2) is 0 Å². The monoisotopic (exact) mass is 312 g/mol. The van der Waals surface area contributed by atoms with Crippen LogP contribution in [0.4, 0.5) is 0 Å². The molecule has 0 saturated heterocycles. The first kappa shape index (κ1) is 16.3. The summed E-state index contributed by atoms with van der Waals surface area (Å²) in [6, 6.07) is 0.138. The van der Waals surface area contributed by atoms with E-state index in [1.165, 1.54) is 11.3 Å². The van der Waals surface area contributed by atoms with Crippen molar-refractivity contribution in [1.82, 2.24) is 15.1 Å². The summed E-state index contributed by atoms with van der Waals surface area (Å²) in [5, 5.41) is 7.58. The van der Waals surface area contributed by atoms with Crippen LogP contribution in [0.25, 0.3) is 0 Å². The average molecular weight is 313 g/mol. The number of carbonyl (C=O) groups is 1. The third-order valence-corrected chi connectivity index (χ3v) is 4.99. The first-order valence-corrected chi connectivity index (χ1v) is 7.72. The highest BCUT2D eigenvalue weighted by molar-refractivity contribution is 5.85. The maximum absolute atomic E-state index is 12.5. The van der Waals surface area contributed by atoms with Crippen LogP contribution in [0.3, 0.4) is 0 Å². The topological polar surface area (TPSA) is 72.9 Å². The van der Waals surface area contributed by atoms with Crippen LogP contribution in [0.2, 0.25) is 0 Å². The van der Waals surface area contributed by atoms with E-state index in [1.54, 1.807) is 0 Å². The Bertz CT molecular complexity index is 502. The standard InChI is InChI=1S/C15H24N4O.ClH/c1-19-14-7-3-6-13(12(14)9-17-19)18-15(20)11-5-2-4-10(11)8-16;/h9-11,13H,2-8,16H2,1H3,(H,18,20);1H/t10-,11-,13?;/m1./s1. The van der Waals surface area contributed by atoms with Crippen molar-refractivity contribution in [3.05, 3.63) is 17.5 Å². The molecule has 1 amide bonds. The lowest BCUT2D eigenvalue weighted by Gasteiger charge is -2.26. The van der Waals surface area contributed by atoms with Gasteiger partial charge in [0.1, 0.15) is 0 Å². The van der Waals surface area contributed by atoms with Crippen molar-refractivity contribution >= 4 is 18.3 Å². The summed E-state index contributed by atoms with van der Waals surface area (Å²) in [5.74, 6) is 0.675. The molecule has 0 aromatic carbocycles. The zero-order valence-corrected chi connectivity index (χ0v) is 13.4. The molecular formula is C15H25ClN4O. The Morgan fingerprint density at radius 2 is 2.24 bits per heavy atom. The summed E-state index contributed by atoms with van der Waals surface area (Å²) < 4.78 is 1.94. The number of nitrogens with two attached hydrogens (primary N) is 1. The molecule has 1 heterocycles. The zero-order chi connectivity index (χ0) is 14.1. The van der Waals surface area contributed by atoms with Crippen molar-refractivity contribution in [1.29, 1.82) is 0 Å². The number of aromatic nitrogens is 2.